The number of nitro groups is 1. The van der Waals surface area contributed by atoms with E-state index in [1.807, 2.05) is 13.8 Å². The molecular weight excluding hydrogens is 290 g/mol. The third-order valence-corrected chi connectivity index (χ3v) is 3.61. The van der Waals surface area contributed by atoms with Crippen LogP contribution >= 0.6 is 15.9 Å². The maximum absolute atomic E-state index is 10.9. The number of rotatable bonds is 2. The minimum absolute atomic E-state index is 0.203. The Balaban J connectivity index is 2.72. The lowest BCUT2D eigenvalue weighted by Gasteiger charge is -2.03. The van der Waals surface area contributed by atoms with Gasteiger partial charge in [-0.25, -0.2) is 4.68 Å². The number of halogens is 1. The van der Waals surface area contributed by atoms with Crippen LogP contribution in [0.4, 0.5) is 5.82 Å². The summed E-state index contributed by atoms with van der Waals surface area (Å²) < 4.78 is 3.93. The monoisotopic (exact) mass is 299 g/mol. The second kappa shape index (κ2) is 3.95. The average Bonchev–Trinajstić information content (AvgIpc) is 2.75. The third kappa shape index (κ3) is 1.74. The summed E-state index contributed by atoms with van der Waals surface area (Å²) in [5.74, 6) is 0.145. The van der Waals surface area contributed by atoms with Crippen LogP contribution < -0.4 is 0 Å². The van der Waals surface area contributed by atoms with E-state index in [1.54, 1.807) is 11.6 Å². The van der Waals surface area contributed by atoms with Crippen molar-refractivity contribution in [1.82, 2.24) is 19.3 Å². The molecule has 2 rings (SSSR count). The molecule has 2 aromatic heterocycles. The SMILES string of the molecule is Cc1nn(-c2c([N+](=O)[O-])ncn2C)c(C)c1Br. The lowest BCUT2D eigenvalue weighted by atomic mass is 10.4. The van der Waals surface area contributed by atoms with Gasteiger partial charge in [-0.3, -0.25) is 4.57 Å². The number of aromatic nitrogens is 4. The number of hydrogen-bond donors (Lipinski definition) is 0. The van der Waals surface area contributed by atoms with Crippen LogP contribution in [-0.4, -0.2) is 24.3 Å². The Labute approximate surface area is 105 Å². The molecule has 0 unspecified atom stereocenters. The maximum atomic E-state index is 10.9. The topological polar surface area (TPSA) is 78.8 Å². The molecule has 90 valence electrons. The molecule has 2 aromatic rings. The van der Waals surface area contributed by atoms with Crippen molar-refractivity contribution in [2.75, 3.05) is 0 Å². The lowest BCUT2D eigenvalue weighted by Crippen LogP contribution is -2.07. The lowest BCUT2D eigenvalue weighted by molar-refractivity contribution is -0.389. The van der Waals surface area contributed by atoms with E-state index < -0.39 is 4.92 Å². The second-order valence-corrected chi connectivity index (χ2v) is 4.45. The quantitative estimate of drug-likeness (QED) is 0.626. The van der Waals surface area contributed by atoms with Crippen molar-refractivity contribution in [3.05, 3.63) is 32.3 Å². The Hall–Kier alpha value is -1.70. The highest BCUT2D eigenvalue weighted by molar-refractivity contribution is 9.10. The Morgan fingerprint density at radius 1 is 1.47 bits per heavy atom. The molecule has 8 heteroatoms. The van der Waals surface area contributed by atoms with E-state index in [9.17, 15) is 10.1 Å². The molecule has 0 atom stereocenters. The van der Waals surface area contributed by atoms with Crippen LogP contribution in [-0.2, 0) is 7.05 Å². The third-order valence-electron chi connectivity index (χ3n) is 2.46. The summed E-state index contributed by atoms with van der Waals surface area (Å²) in [6.45, 7) is 3.66. The number of imidazole rings is 1. The smallest absolute Gasteiger partial charge is 0.358 e. The molecule has 0 bridgehead atoms. The van der Waals surface area contributed by atoms with E-state index in [-0.39, 0.29) is 5.82 Å². The Morgan fingerprint density at radius 3 is 2.59 bits per heavy atom. The standard InChI is InChI=1S/C9H10BrN5O2/c1-5-7(10)6(2)14(12-5)9-8(15(16)17)11-4-13(9)3/h4H,1-3H3. The van der Waals surface area contributed by atoms with Crippen molar-refractivity contribution in [2.45, 2.75) is 13.8 Å². The number of nitrogens with zero attached hydrogens (tertiary/aromatic N) is 5. The summed E-state index contributed by atoms with van der Waals surface area (Å²) in [4.78, 5) is 14.1. The molecule has 17 heavy (non-hydrogen) atoms. The van der Waals surface area contributed by atoms with Crippen LogP contribution in [0.3, 0.4) is 0 Å². The van der Waals surface area contributed by atoms with Crippen molar-refractivity contribution < 1.29 is 4.92 Å². The van der Waals surface area contributed by atoms with Crippen LogP contribution in [0.15, 0.2) is 10.8 Å². The summed E-state index contributed by atoms with van der Waals surface area (Å²) >= 11 is 3.39. The molecule has 0 saturated heterocycles. The first kappa shape index (κ1) is 11.8. The predicted octanol–water partition coefficient (Wildman–Crippen LogP) is 1.89. The van der Waals surface area contributed by atoms with E-state index in [0.29, 0.717) is 5.82 Å². The van der Waals surface area contributed by atoms with Crippen LogP contribution in [0.1, 0.15) is 11.4 Å². The van der Waals surface area contributed by atoms with Gasteiger partial charge in [-0.1, -0.05) is 0 Å². The maximum Gasteiger partial charge on any atom is 0.408 e. The molecule has 0 aliphatic rings. The fourth-order valence-electron chi connectivity index (χ4n) is 1.61. The van der Waals surface area contributed by atoms with E-state index in [1.165, 1.54) is 11.0 Å². The largest absolute Gasteiger partial charge is 0.408 e. The molecule has 0 aliphatic heterocycles. The molecule has 0 spiro atoms. The van der Waals surface area contributed by atoms with Gasteiger partial charge < -0.3 is 10.1 Å². The van der Waals surface area contributed by atoms with E-state index in [0.717, 1.165) is 15.9 Å². The first-order valence-corrected chi connectivity index (χ1v) is 5.60. The summed E-state index contributed by atoms with van der Waals surface area (Å²) in [6, 6.07) is 0. The van der Waals surface area contributed by atoms with Crippen molar-refractivity contribution in [2.24, 2.45) is 7.05 Å². The average molecular weight is 300 g/mol. The van der Waals surface area contributed by atoms with E-state index in [2.05, 4.69) is 26.0 Å². The van der Waals surface area contributed by atoms with Crippen LogP contribution in [0.2, 0.25) is 0 Å². The van der Waals surface area contributed by atoms with Crippen molar-refractivity contribution >= 4 is 21.7 Å². The highest BCUT2D eigenvalue weighted by Gasteiger charge is 2.25. The van der Waals surface area contributed by atoms with Gasteiger partial charge in [0.15, 0.2) is 0 Å². The Bertz CT molecular complexity index is 601. The van der Waals surface area contributed by atoms with Gasteiger partial charge in [0.05, 0.1) is 15.9 Å². The highest BCUT2D eigenvalue weighted by Crippen LogP contribution is 2.26. The number of hydrogen-bond acceptors (Lipinski definition) is 4. The predicted molar refractivity (Wildman–Crippen MR) is 64.2 cm³/mol. The fourth-order valence-corrected chi connectivity index (χ4v) is 1.86. The molecule has 2 heterocycles. The molecule has 0 N–H and O–H groups in total. The molecule has 0 radical (unpaired) electrons. The van der Waals surface area contributed by atoms with Crippen LogP contribution in [0, 0.1) is 24.0 Å². The summed E-state index contributed by atoms with van der Waals surface area (Å²) in [5.41, 5.74) is 1.58. The Kier molecular flexibility index (Phi) is 2.74. The molecule has 0 saturated carbocycles. The minimum Gasteiger partial charge on any atom is -0.358 e. The zero-order valence-electron chi connectivity index (χ0n) is 9.51. The van der Waals surface area contributed by atoms with Crippen LogP contribution in [0.25, 0.3) is 5.82 Å². The zero-order chi connectivity index (χ0) is 12.7. The minimum atomic E-state index is -0.514. The number of aryl methyl sites for hydroxylation is 2. The summed E-state index contributed by atoms with van der Waals surface area (Å²) in [5, 5.41) is 15.1. The molecule has 0 aliphatic carbocycles. The normalized spacial score (nSPS) is 10.8. The molecule has 0 aromatic carbocycles. The van der Waals surface area contributed by atoms with Gasteiger partial charge in [0.2, 0.25) is 12.1 Å². The second-order valence-electron chi connectivity index (χ2n) is 3.66. The molecule has 0 fully saturated rings. The first-order chi connectivity index (χ1) is 7.93. The molecule has 7 nitrogen and oxygen atoms in total. The zero-order valence-corrected chi connectivity index (χ0v) is 11.1. The fraction of sp³-hybridized carbons (Fsp3) is 0.333. The Morgan fingerprint density at radius 2 is 2.12 bits per heavy atom. The molecular formula is C9H10BrN5O2. The van der Waals surface area contributed by atoms with Gasteiger partial charge in [0, 0.05) is 7.05 Å². The van der Waals surface area contributed by atoms with E-state index in [4.69, 9.17) is 0 Å². The van der Waals surface area contributed by atoms with Gasteiger partial charge in [-0.05, 0) is 39.7 Å². The van der Waals surface area contributed by atoms with Crippen molar-refractivity contribution in [1.29, 1.82) is 0 Å². The van der Waals surface area contributed by atoms with Gasteiger partial charge in [-0.2, -0.15) is 5.10 Å². The van der Waals surface area contributed by atoms with Gasteiger partial charge in [0.25, 0.3) is 0 Å². The summed E-state index contributed by atoms with van der Waals surface area (Å²) in [7, 11) is 1.69. The summed E-state index contributed by atoms with van der Waals surface area (Å²) in [6.07, 6.45) is 1.40. The van der Waals surface area contributed by atoms with Crippen molar-refractivity contribution in [3.8, 4) is 5.82 Å². The first-order valence-electron chi connectivity index (χ1n) is 4.81. The van der Waals surface area contributed by atoms with Gasteiger partial charge >= 0.3 is 5.82 Å². The van der Waals surface area contributed by atoms with E-state index >= 15 is 0 Å². The molecule has 0 amide bonds. The van der Waals surface area contributed by atoms with Crippen molar-refractivity contribution in [3.63, 3.8) is 0 Å². The van der Waals surface area contributed by atoms with Crippen LogP contribution in [0.5, 0.6) is 0 Å². The van der Waals surface area contributed by atoms with Gasteiger partial charge in [-0.15, -0.1) is 0 Å². The highest BCUT2D eigenvalue weighted by atomic mass is 79.9. The van der Waals surface area contributed by atoms with Gasteiger partial charge in [0.1, 0.15) is 0 Å².